The molecule has 0 aliphatic carbocycles. The molecule has 24 heavy (non-hydrogen) atoms. The summed E-state index contributed by atoms with van der Waals surface area (Å²) in [4.78, 5) is 0.198. The molecule has 0 amide bonds. The summed E-state index contributed by atoms with van der Waals surface area (Å²) in [6.07, 6.45) is 0. The fourth-order valence-corrected chi connectivity index (χ4v) is 3.56. The summed E-state index contributed by atoms with van der Waals surface area (Å²) < 4.78 is 44.3. The summed E-state index contributed by atoms with van der Waals surface area (Å²) in [5.41, 5.74) is 0.573. The molecular weight excluding hydrogens is 329 g/mol. The number of sulfonamides is 1. The number of ether oxygens (including phenoxy) is 1. The number of benzene rings is 1. The molecule has 1 aromatic carbocycles. The summed E-state index contributed by atoms with van der Waals surface area (Å²) in [5.74, 6) is 0. The van der Waals surface area contributed by atoms with Crippen molar-refractivity contribution in [1.29, 1.82) is 0 Å². The smallest absolute Gasteiger partial charge is 0.399 e. The lowest BCUT2D eigenvalue weighted by molar-refractivity contribution is 0.00578. The summed E-state index contributed by atoms with van der Waals surface area (Å²) in [6.45, 7) is 10.2. The Hall–Kier alpha value is -0.925. The maximum Gasteiger partial charge on any atom is 0.494 e. The van der Waals surface area contributed by atoms with E-state index in [4.69, 9.17) is 14.0 Å². The molecule has 6 nitrogen and oxygen atoms in total. The van der Waals surface area contributed by atoms with Gasteiger partial charge in [-0.3, -0.25) is 0 Å². The highest BCUT2D eigenvalue weighted by Crippen LogP contribution is 2.36. The second kappa shape index (κ2) is 6.76. The molecule has 2 rings (SSSR count). The predicted molar refractivity (Wildman–Crippen MR) is 94.0 cm³/mol. The van der Waals surface area contributed by atoms with Crippen LogP contribution < -0.4 is 10.2 Å². The molecule has 134 valence electrons. The second-order valence-electron chi connectivity index (χ2n) is 7.06. The molecule has 1 aliphatic heterocycles. The van der Waals surface area contributed by atoms with Crippen molar-refractivity contribution in [2.75, 3.05) is 20.3 Å². The van der Waals surface area contributed by atoms with Gasteiger partial charge in [0.15, 0.2) is 0 Å². The van der Waals surface area contributed by atoms with Crippen LogP contribution in [0.15, 0.2) is 23.1 Å². The van der Waals surface area contributed by atoms with Crippen molar-refractivity contribution in [3.63, 3.8) is 0 Å². The van der Waals surface area contributed by atoms with Gasteiger partial charge in [0.05, 0.1) is 22.7 Å². The highest BCUT2D eigenvalue weighted by atomic mass is 32.2. The maximum atomic E-state index is 12.4. The zero-order valence-corrected chi connectivity index (χ0v) is 16.0. The number of hydrogen-bond acceptors (Lipinski definition) is 5. The molecule has 0 saturated carbocycles. The predicted octanol–water partition coefficient (Wildman–Crippen LogP) is 1.22. The summed E-state index contributed by atoms with van der Waals surface area (Å²) >= 11 is 0. The standard InChI is InChI=1S/C16H26BNO5S/c1-12-9-13(17-22-15(2,3)16(4,5)23-17)11-14(10-12)24(19,20)18-7-8-21-6/h9-11,18H,7-8H2,1-6H3. The van der Waals surface area contributed by atoms with Gasteiger partial charge in [-0.25, -0.2) is 13.1 Å². The summed E-state index contributed by atoms with van der Waals surface area (Å²) in [6, 6.07) is 5.12. The summed E-state index contributed by atoms with van der Waals surface area (Å²) in [7, 11) is -2.68. The van der Waals surface area contributed by atoms with Gasteiger partial charge in [0.2, 0.25) is 10.0 Å². The van der Waals surface area contributed by atoms with Crippen LogP contribution in [0.5, 0.6) is 0 Å². The zero-order valence-electron chi connectivity index (χ0n) is 15.2. The zero-order chi connectivity index (χ0) is 18.2. The first-order valence-corrected chi connectivity index (χ1v) is 9.43. The topological polar surface area (TPSA) is 73.9 Å². The van der Waals surface area contributed by atoms with Crippen LogP contribution in [0.25, 0.3) is 0 Å². The Kier molecular flexibility index (Phi) is 5.47. The van der Waals surface area contributed by atoms with Gasteiger partial charge in [0.1, 0.15) is 0 Å². The van der Waals surface area contributed by atoms with Crippen molar-refractivity contribution in [3.05, 3.63) is 23.8 Å². The Bertz CT molecular complexity index is 686. The van der Waals surface area contributed by atoms with Crippen LogP contribution in [0.2, 0.25) is 0 Å². The van der Waals surface area contributed by atoms with Crippen molar-refractivity contribution in [2.24, 2.45) is 0 Å². The van der Waals surface area contributed by atoms with Gasteiger partial charge in [-0.15, -0.1) is 0 Å². The molecule has 0 atom stereocenters. The van der Waals surface area contributed by atoms with E-state index in [-0.39, 0.29) is 11.4 Å². The number of methoxy groups -OCH3 is 1. The van der Waals surface area contributed by atoms with E-state index in [1.165, 1.54) is 7.11 Å². The number of hydrogen-bond donors (Lipinski definition) is 1. The minimum absolute atomic E-state index is 0.198. The van der Waals surface area contributed by atoms with E-state index in [1.54, 1.807) is 12.1 Å². The van der Waals surface area contributed by atoms with E-state index in [9.17, 15) is 8.42 Å². The molecule has 0 aromatic heterocycles. The van der Waals surface area contributed by atoms with Gasteiger partial charge >= 0.3 is 7.12 Å². The Morgan fingerprint density at radius 3 is 2.25 bits per heavy atom. The highest BCUT2D eigenvalue weighted by Gasteiger charge is 2.51. The first-order valence-electron chi connectivity index (χ1n) is 7.94. The van der Waals surface area contributed by atoms with Crippen LogP contribution in [-0.2, 0) is 24.1 Å². The fourth-order valence-electron chi connectivity index (χ4n) is 2.41. The van der Waals surface area contributed by atoms with Crippen molar-refractivity contribution in [1.82, 2.24) is 4.72 Å². The fraction of sp³-hybridized carbons (Fsp3) is 0.625. The van der Waals surface area contributed by atoms with Crippen molar-refractivity contribution >= 4 is 22.6 Å². The Balaban J connectivity index is 2.30. The van der Waals surface area contributed by atoms with E-state index in [0.717, 1.165) is 5.56 Å². The SMILES string of the molecule is COCCNS(=O)(=O)c1cc(C)cc(B2OC(C)(C)C(C)(C)O2)c1. The molecule has 1 aromatic rings. The molecule has 8 heteroatoms. The quantitative estimate of drug-likeness (QED) is 0.614. The minimum Gasteiger partial charge on any atom is -0.399 e. The van der Waals surface area contributed by atoms with Crippen LogP contribution in [-0.4, -0.2) is 47.0 Å². The van der Waals surface area contributed by atoms with Gasteiger partial charge in [0, 0.05) is 13.7 Å². The van der Waals surface area contributed by atoms with Crippen LogP contribution in [0.1, 0.15) is 33.3 Å². The Morgan fingerprint density at radius 1 is 1.12 bits per heavy atom. The monoisotopic (exact) mass is 355 g/mol. The van der Waals surface area contributed by atoms with Crippen molar-refractivity contribution in [2.45, 2.75) is 50.7 Å². The van der Waals surface area contributed by atoms with Crippen molar-refractivity contribution < 1.29 is 22.5 Å². The Morgan fingerprint density at radius 2 is 1.71 bits per heavy atom. The normalized spacial score (nSPS) is 19.7. The van der Waals surface area contributed by atoms with Gasteiger partial charge in [-0.2, -0.15) is 0 Å². The lowest BCUT2D eigenvalue weighted by Gasteiger charge is -2.32. The molecule has 1 N–H and O–H groups in total. The first kappa shape index (κ1) is 19.4. The van der Waals surface area contributed by atoms with Crippen LogP contribution in [0.3, 0.4) is 0 Å². The highest BCUT2D eigenvalue weighted by molar-refractivity contribution is 7.89. The number of nitrogens with one attached hydrogen (secondary N) is 1. The first-order chi connectivity index (χ1) is 11.0. The molecular formula is C16H26BNO5S. The van der Waals surface area contributed by atoms with Gasteiger partial charge in [0.25, 0.3) is 0 Å². The van der Waals surface area contributed by atoms with Gasteiger partial charge < -0.3 is 14.0 Å². The van der Waals surface area contributed by atoms with E-state index < -0.39 is 28.3 Å². The average molecular weight is 355 g/mol. The molecule has 0 bridgehead atoms. The summed E-state index contributed by atoms with van der Waals surface area (Å²) in [5, 5.41) is 0. The molecule has 1 aliphatic rings. The molecule has 1 heterocycles. The van der Waals surface area contributed by atoms with Gasteiger partial charge in [-0.05, 0) is 52.2 Å². The molecule has 0 unspecified atom stereocenters. The Labute approximate surface area is 145 Å². The van der Waals surface area contributed by atoms with Crippen LogP contribution >= 0.6 is 0 Å². The van der Waals surface area contributed by atoms with Crippen LogP contribution in [0.4, 0.5) is 0 Å². The largest absolute Gasteiger partial charge is 0.494 e. The van der Waals surface area contributed by atoms with Crippen molar-refractivity contribution in [3.8, 4) is 0 Å². The minimum atomic E-state index is -3.61. The van der Waals surface area contributed by atoms with E-state index >= 15 is 0 Å². The van der Waals surface area contributed by atoms with E-state index in [1.807, 2.05) is 40.7 Å². The molecule has 1 fully saturated rings. The maximum absolute atomic E-state index is 12.4. The van der Waals surface area contributed by atoms with E-state index in [0.29, 0.717) is 12.1 Å². The number of rotatable bonds is 6. The lowest BCUT2D eigenvalue weighted by Crippen LogP contribution is -2.41. The average Bonchev–Trinajstić information content (AvgIpc) is 2.67. The van der Waals surface area contributed by atoms with Crippen LogP contribution in [0, 0.1) is 6.92 Å². The van der Waals surface area contributed by atoms with Gasteiger partial charge in [-0.1, -0.05) is 11.6 Å². The third kappa shape index (κ3) is 4.00. The third-order valence-electron chi connectivity index (χ3n) is 4.51. The lowest BCUT2D eigenvalue weighted by atomic mass is 9.78. The third-order valence-corrected chi connectivity index (χ3v) is 5.95. The molecule has 0 radical (unpaired) electrons. The number of aryl methyl sites for hydroxylation is 1. The van der Waals surface area contributed by atoms with E-state index in [2.05, 4.69) is 4.72 Å². The molecule has 1 saturated heterocycles. The second-order valence-corrected chi connectivity index (χ2v) is 8.83. The molecule has 0 spiro atoms.